The van der Waals surface area contributed by atoms with Crippen molar-refractivity contribution in [3.05, 3.63) is 0 Å². The summed E-state index contributed by atoms with van der Waals surface area (Å²) in [6.07, 6.45) is 2.96. The van der Waals surface area contributed by atoms with E-state index in [2.05, 4.69) is 25.7 Å². The van der Waals surface area contributed by atoms with Crippen LogP contribution in [-0.2, 0) is 4.74 Å². The third-order valence-electron chi connectivity index (χ3n) is 2.61. The Balaban J connectivity index is 0.000000791. The largest absolute Gasteiger partial charge is 0.378 e. The number of nitrogens with zero attached hydrogens (tertiary/aromatic N) is 1. The van der Waals surface area contributed by atoms with Crippen molar-refractivity contribution >= 4 is 0 Å². The first-order chi connectivity index (χ1) is 6.74. The van der Waals surface area contributed by atoms with E-state index in [4.69, 9.17) is 4.74 Å². The van der Waals surface area contributed by atoms with Crippen LogP contribution in [-0.4, -0.2) is 36.7 Å². The third kappa shape index (κ3) is 4.97. The molecule has 0 radical (unpaired) electrons. The molecule has 0 atom stereocenters. The maximum atomic E-state index is 5.58. The smallest absolute Gasteiger partial charge is 0.0599 e. The van der Waals surface area contributed by atoms with Gasteiger partial charge in [-0.1, -0.05) is 13.8 Å². The molecule has 2 heteroatoms. The summed E-state index contributed by atoms with van der Waals surface area (Å²) >= 11 is 0. The Labute approximate surface area is 89.6 Å². The van der Waals surface area contributed by atoms with E-state index in [-0.39, 0.29) is 0 Å². The molecule has 2 nitrogen and oxygen atoms in total. The number of rotatable bonds is 3. The Kier molecular flexibility index (Phi) is 8.20. The molecule has 0 bridgehead atoms. The summed E-state index contributed by atoms with van der Waals surface area (Å²) in [6.45, 7) is 13.9. The van der Waals surface area contributed by atoms with E-state index in [9.17, 15) is 0 Å². The van der Waals surface area contributed by atoms with Crippen LogP contribution < -0.4 is 0 Å². The molecule has 0 saturated carbocycles. The molecule has 0 aromatic rings. The number of hydrogen-bond donors (Lipinski definition) is 0. The normalized spacial score (nSPS) is 19.3. The second-order valence-corrected chi connectivity index (χ2v) is 3.78. The third-order valence-corrected chi connectivity index (χ3v) is 2.61. The average Bonchev–Trinajstić information content (AvgIpc) is 2.22. The summed E-state index contributed by atoms with van der Waals surface area (Å²) in [5, 5.41) is 0. The number of hydrogen-bond acceptors (Lipinski definition) is 2. The summed E-state index contributed by atoms with van der Waals surface area (Å²) < 4.78 is 5.58. The van der Waals surface area contributed by atoms with E-state index >= 15 is 0 Å². The van der Waals surface area contributed by atoms with Crippen molar-refractivity contribution < 1.29 is 4.74 Å². The van der Waals surface area contributed by atoms with E-state index in [0.717, 1.165) is 6.61 Å². The second-order valence-electron chi connectivity index (χ2n) is 3.78. The standard InChI is InChI=1S/C10H21NO.C2H6/c1-4-12-10-5-7-11(8-6-10)9(2)3;1-2/h9-10H,4-8H2,1-3H3;1-2H3. The molecule has 0 amide bonds. The van der Waals surface area contributed by atoms with Gasteiger partial charge in [-0.25, -0.2) is 0 Å². The molecular weight excluding hydrogens is 174 g/mol. The van der Waals surface area contributed by atoms with Gasteiger partial charge in [0.15, 0.2) is 0 Å². The Morgan fingerprint density at radius 1 is 1.21 bits per heavy atom. The van der Waals surface area contributed by atoms with Crippen LogP contribution in [0.1, 0.15) is 47.5 Å². The molecule has 1 saturated heterocycles. The lowest BCUT2D eigenvalue weighted by Crippen LogP contribution is -2.40. The summed E-state index contributed by atoms with van der Waals surface area (Å²) in [7, 11) is 0. The summed E-state index contributed by atoms with van der Waals surface area (Å²) in [5.74, 6) is 0. The highest BCUT2D eigenvalue weighted by Crippen LogP contribution is 2.15. The van der Waals surface area contributed by atoms with Gasteiger partial charge in [0.2, 0.25) is 0 Å². The monoisotopic (exact) mass is 201 g/mol. The predicted octanol–water partition coefficient (Wildman–Crippen LogP) is 2.92. The van der Waals surface area contributed by atoms with Crippen molar-refractivity contribution in [1.82, 2.24) is 4.90 Å². The number of piperidine rings is 1. The van der Waals surface area contributed by atoms with E-state index in [0.29, 0.717) is 12.1 Å². The quantitative estimate of drug-likeness (QED) is 0.696. The van der Waals surface area contributed by atoms with Crippen LogP contribution in [0.4, 0.5) is 0 Å². The molecule has 1 rings (SSSR count). The highest BCUT2D eigenvalue weighted by molar-refractivity contribution is 4.74. The predicted molar refractivity (Wildman–Crippen MR) is 62.7 cm³/mol. The van der Waals surface area contributed by atoms with Crippen molar-refractivity contribution in [2.45, 2.75) is 59.6 Å². The molecule has 1 fully saturated rings. The molecule has 1 aliphatic heterocycles. The molecule has 0 aliphatic carbocycles. The first kappa shape index (κ1) is 13.9. The molecule has 14 heavy (non-hydrogen) atoms. The van der Waals surface area contributed by atoms with Gasteiger partial charge in [0.05, 0.1) is 6.10 Å². The van der Waals surface area contributed by atoms with Crippen molar-refractivity contribution in [2.75, 3.05) is 19.7 Å². The first-order valence-electron chi connectivity index (χ1n) is 6.09. The van der Waals surface area contributed by atoms with Gasteiger partial charge in [-0.3, -0.25) is 0 Å². The van der Waals surface area contributed by atoms with Gasteiger partial charge in [-0.2, -0.15) is 0 Å². The molecular formula is C12H27NO. The minimum Gasteiger partial charge on any atom is -0.378 e. The van der Waals surface area contributed by atoms with E-state index in [1.807, 2.05) is 13.8 Å². The minimum atomic E-state index is 0.532. The van der Waals surface area contributed by atoms with E-state index in [1.54, 1.807) is 0 Å². The number of likely N-dealkylation sites (tertiary alicyclic amines) is 1. The SMILES string of the molecule is CC.CCOC1CCN(C(C)C)CC1. The highest BCUT2D eigenvalue weighted by atomic mass is 16.5. The van der Waals surface area contributed by atoms with Crippen LogP contribution in [0.2, 0.25) is 0 Å². The van der Waals surface area contributed by atoms with Crippen molar-refractivity contribution in [3.63, 3.8) is 0 Å². The van der Waals surface area contributed by atoms with Crippen LogP contribution in [0.3, 0.4) is 0 Å². The Hall–Kier alpha value is -0.0800. The average molecular weight is 201 g/mol. The highest BCUT2D eigenvalue weighted by Gasteiger charge is 2.20. The number of ether oxygens (including phenoxy) is 1. The fourth-order valence-electron chi connectivity index (χ4n) is 1.79. The first-order valence-corrected chi connectivity index (χ1v) is 6.09. The molecule has 0 unspecified atom stereocenters. The molecule has 0 N–H and O–H groups in total. The molecule has 1 heterocycles. The fraction of sp³-hybridized carbons (Fsp3) is 1.00. The maximum Gasteiger partial charge on any atom is 0.0599 e. The second kappa shape index (κ2) is 8.25. The summed E-state index contributed by atoms with van der Waals surface area (Å²) in [6, 6.07) is 0.701. The molecule has 0 aromatic carbocycles. The maximum absolute atomic E-state index is 5.58. The molecule has 1 aliphatic rings. The van der Waals surface area contributed by atoms with Gasteiger partial charge >= 0.3 is 0 Å². The topological polar surface area (TPSA) is 12.5 Å². The lowest BCUT2D eigenvalue weighted by molar-refractivity contribution is 0.00760. The zero-order valence-corrected chi connectivity index (χ0v) is 10.5. The summed E-state index contributed by atoms with van der Waals surface area (Å²) in [4.78, 5) is 2.52. The molecule has 0 aromatic heterocycles. The Morgan fingerprint density at radius 3 is 2.07 bits per heavy atom. The molecule has 0 spiro atoms. The zero-order chi connectivity index (χ0) is 11.0. The van der Waals surface area contributed by atoms with Crippen LogP contribution >= 0.6 is 0 Å². The van der Waals surface area contributed by atoms with Gasteiger partial charge < -0.3 is 9.64 Å². The Morgan fingerprint density at radius 2 is 1.71 bits per heavy atom. The lowest BCUT2D eigenvalue weighted by Gasteiger charge is -2.34. The van der Waals surface area contributed by atoms with Crippen LogP contribution in [0.15, 0.2) is 0 Å². The van der Waals surface area contributed by atoms with Gasteiger partial charge in [0.1, 0.15) is 0 Å². The van der Waals surface area contributed by atoms with Gasteiger partial charge in [0.25, 0.3) is 0 Å². The van der Waals surface area contributed by atoms with E-state index in [1.165, 1.54) is 25.9 Å². The zero-order valence-electron chi connectivity index (χ0n) is 10.5. The van der Waals surface area contributed by atoms with Gasteiger partial charge in [-0.05, 0) is 33.6 Å². The molecule has 86 valence electrons. The van der Waals surface area contributed by atoms with Crippen molar-refractivity contribution in [1.29, 1.82) is 0 Å². The van der Waals surface area contributed by atoms with Crippen molar-refractivity contribution in [2.24, 2.45) is 0 Å². The van der Waals surface area contributed by atoms with Crippen LogP contribution in [0, 0.1) is 0 Å². The summed E-state index contributed by atoms with van der Waals surface area (Å²) in [5.41, 5.74) is 0. The lowest BCUT2D eigenvalue weighted by atomic mass is 10.1. The van der Waals surface area contributed by atoms with E-state index < -0.39 is 0 Å². The van der Waals surface area contributed by atoms with Crippen LogP contribution in [0.5, 0.6) is 0 Å². The van der Waals surface area contributed by atoms with Crippen molar-refractivity contribution in [3.8, 4) is 0 Å². The van der Waals surface area contributed by atoms with Crippen LogP contribution in [0.25, 0.3) is 0 Å². The van der Waals surface area contributed by atoms with Gasteiger partial charge in [0, 0.05) is 25.7 Å². The Bertz CT molecular complexity index is 117. The minimum absolute atomic E-state index is 0.532. The van der Waals surface area contributed by atoms with Gasteiger partial charge in [-0.15, -0.1) is 0 Å². The fourth-order valence-corrected chi connectivity index (χ4v) is 1.79.